The van der Waals surface area contributed by atoms with Crippen molar-refractivity contribution in [3.63, 3.8) is 0 Å². The van der Waals surface area contributed by atoms with E-state index >= 15 is 0 Å². The summed E-state index contributed by atoms with van der Waals surface area (Å²) in [4.78, 5) is 0. The first-order chi connectivity index (χ1) is 25.6. The van der Waals surface area contributed by atoms with Crippen molar-refractivity contribution in [1.82, 2.24) is 0 Å². The van der Waals surface area contributed by atoms with Crippen molar-refractivity contribution >= 4 is 32.7 Å². The Bertz CT molecular complexity index is 2900. The molecular formula is C51H36O. The first-order valence-electron chi connectivity index (χ1n) is 18.4. The molecule has 1 nitrogen and oxygen atoms in total. The molecule has 0 radical (unpaired) electrons. The van der Waals surface area contributed by atoms with Crippen molar-refractivity contribution in [3.05, 3.63) is 203 Å². The Morgan fingerprint density at radius 1 is 0.481 bits per heavy atom. The maximum atomic E-state index is 6.68. The number of rotatable bonds is 4. The van der Waals surface area contributed by atoms with Crippen molar-refractivity contribution in [2.45, 2.75) is 31.6 Å². The summed E-state index contributed by atoms with van der Waals surface area (Å²) in [5.41, 5.74) is 19.3. The molecule has 2 aliphatic rings. The van der Waals surface area contributed by atoms with Crippen LogP contribution < -0.4 is 0 Å². The van der Waals surface area contributed by atoms with Crippen LogP contribution >= 0.6 is 0 Å². The number of hydrogen-bond acceptors (Lipinski definition) is 1. The zero-order valence-electron chi connectivity index (χ0n) is 29.3. The van der Waals surface area contributed by atoms with E-state index in [1.54, 1.807) is 0 Å². The standard InChI is InChI=1S/C51H36O/c1-51(2)45-24-10-8-18-36(45)37-27-26-33(29-46(37)51)48(31-14-4-3-5-15-31)39-21-12-20-35-42-28-32-16-6-7-17-34(32)49(44(42)30-43(35)39)41-23-13-22-40-38-19-9-11-25-47(38)52-50(40)41/h3-29,48H,30H2,1-2H3. The van der Waals surface area contributed by atoms with Crippen LogP contribution in [-0.4, -0.2) is 0 Å². The fraction of sp³-hybridized carbons (Fsp3) is 0.0980. The van der Waals surface area contributed by atoms with E-state index < -0.39 is 0 Å². The second kappa shape index (κ2) is 10.9. The fourth-order valence-corrected chi connectivity index (χ4v) is 9.67. The van der Waals surface area contributed by atoms with Crippen LogP contribution in [0.5, 0.6) is 0 Å². The average Bonchev–Trinajstić information content (AvgIpc) is 3.83. The quantitative estimate of drug-likeness (QED) is 0.171. The number of benzene rings is 8. The van der Waals surface area contributed by atoms with Gasteiger partial charge in [-0.05, 0) is 96.1 Å². The Kier molecular flexibility index (Phi) is 6.20. The summed E-state index contributed by atoms with van der Waals surface area (Å²) < 4.78 is 6.68. The summed E-state index contributed by atoms with van der Waals surface area (Å²) in [6.45, 7) is 4.76. The van der Waals surface area contributed by atoms with Crippen molar-refractivity contribution in [2.24, 2.45) is 0 Å². The maximum absolute atomic E-state index is 6.68. The third kappa shape index (κ3) is 4.11. The molecule has 0 fully saturated rings. The Balaban J connectivity index is 1.13. The minimum atomic E-state index is -0.0648. The van der Waals surface area contributed by atoms with Crippen molar-refractivity contribution in [2.75, 3.05) is 0 Å². The molecule has 0 saturated carbocycles. The molecule has 0 bridgehead atoms. The van der Waals surface area contributed by atoms with Crippen LogP contribution in [-0.2, 0) is 11.8 Å². The molecule has 1 aromatic heterocycles. The summed E-state index contributed by atoms with van der Waals surface area (Å²) in [5, 5.41) is 4.84. The largest absolute Gasteiger partial charge is 0.455 e. The lowest BCUT2D eigenvalue weighted by molar-refractivity contribution is 0.659. The Morgan fingerprint density at radius 2 is 1.17 bits per heavy atom. The third-order valence-electron chi connectivity index (χ3n) is 12.1. The van der Waals surface area contributed by atoms with Crippen LogP contribution in [0.1, 0.15) is 58.7 Å². The molecule has 0 amide bonds. The highest BCUT2D eigenvalue weighted by Crippen LogP contribution is 2.53. The zero-order chi connectivity index (χ0) is 34.6. The van der Waals surface area contributed by atoms with E-state index in [4.69, 9.17) is 4.42 Å². The molecule has 2 aliphatic carbocycles. The van der Waals surface area contributed by atoms with Gasteiger partial charge >= 0.3 is 0 Å². The topological polar surface area (TPSA) is 13.1 Å². The second-order valence-electron chi connectivity index (χ2n) is 15.1. The number of para-hydroxylation sites is 2. The molecule has 1 atom stereocenters. The predicted molar refractivity (Wildman–Crippen MR) is 216 cm³/mol. The highest BCUT2D eigenvalue weighted by atomic mass is 16.3. The summed E-state index contributed by atoms with van der Waals surface area (Å²) in [6.07, 6.45) is 0.864. The lowest BCUT2D eigenvalue weighted by Gasteiger charge is -2.25. The van der Waals surface area contributed by atoms with E-state index in [2.05, 4.69) is 178 Å². The highest BCUT2D eigenvalue weighted by Gasteiger charge is 2.37. The van der Waals surface area contributed by atoms with Gasteiger partial charge in [0, 0.05) is 27.7 Å². The summed E-state index contributed by atoms with van der Waals surface area (Å²) in [5.74, 6) is 0.0898. The zero-order valence-corrected chi connectivity index (χ0v) is 29.3. The summed E-state index contributed by atoms with van der Waals surface area (Å²) in [6, 6.07) is 60.7. The van der Waals surface area contributed by atoms with Gasteiger partial charge in [-0.25, -0.2) is 0 Å². The molecule has 9 aromatic rings. The van der Waals surface area contributed by atoms with Crippen molar-refractivity contribution in [3.8, 4) is 33.4 Å². The van der Waals surface area contributed by atoms with E-state index in [1.807, 2.05) is 0 Å². The molecule has 0 aliphatic heterocycles. The molecule has 0 spiro atoms. The van der Waals surface area contributed by atoms with Gasteiger partial charge in [-0.3, -0.25) is 0 Å². The molecule has 1 heterocycles. The normalized spacial score (nSPS) is 14.3. The SMILES string of the molecule is CC1(C)c2ccccc2-c2ccc(C(c3ccccc3)c3cccc4c3Cc3c-4cc4ccccc4c3-c3cccc4c3oc3ccccc34)cc21. The summed E-state index contributed by atoms with van der Waals surface area (Å²) >= 11 is 0. The van der Waals surface area contributed by atoms with Gasteiger partial charge in [0.25, 0.3) is 0 Å². The van der Waals surface area contributed by atoms with Gasteiger partial charge in [0.1, 0.15) is 11.2 Å². The van der Waals surface area contributed by atoms with Crippen molar-refractivity contribution in [1.29, 1.82) is 0 Å². The van der Waals surface area contributed by atoms with Gasteiger partial charge in [-0.15, -0.1) is 0 Å². The molecule has 0 saturated heterocycles. The van der Waals surface area contributed by atoms with Gasteiger partial charge in [0.05, 0.1) is 0 Å². The van der Waals surface area contributed by atoms with Gasteiger partial charge in [0.2, 0.25) is 0 Å². The van der Waals surface area contributed by atoms with E-state index in [0.717, 1.165) is 33.9 Å². The minimum absolute atomic E-state index is 0.0648. The predicted octanol–water partition coefficient (Wildman–Crippen LogP) is 13.5. The van der Waals surface area contributed by atoms with E-state index in [-0.39, 0.29) is 11.3 Å². The molecule has 52 heavy (non-hydrogen) atoms. The fourth-order valence-electron chi connectivity index (χ4n) is 9.67. The first kappa shape index (κ1) is 29.5. The van der Waals surface area contributed by atoms with Crippen LogP contribution in [0.25, 0.3) is 66.1 Å². The molecule has 1 unspecified atom stereocenters. The number of fused-ring (bicyclic) bond motifs is 10. The van der Waals surface area contributed by atoms with Crippen LogP contribution in [0.4, 0.5) is 0 Å². The van der Waals surface area contributed by atoms with Crippen LogP contribution in [0.15, 0.2) is 168 Å². The Morgan fingerprint density at radius 3 is 2.08 bits per heavy atom. The highest BCUT2D eigenvalue weighted by molar-refractivity contribution is 6.14. The molecule has 246 valence electrons. The molecule has 11 rings (SSSR count). The average molecular weight is 665 g/mol. The molecule has 0 N–H and O–H groups in total. The first-order valence-corrected chi connectivity index (χ1v) is 18.4. The van der Waals surface area contributed by atoms with Crippen molar-refractivity contribution < 1.29 is 4.42 Å². The molecule has 1 heteroatoms. The number of hydrogen-bond donors (Lipinski definition) is 0. The van der Waals surface area contributed by atoms with Gasteiger partial charge in [0.15, 0.2) is 0 Å². The lowest BCUT2D eigenvalue weighted by atomic mass is 9.78. The third-order valence-corrected chi connectivity index (χ3v) is 12.1. The van der Waals surface area contributed by atoms with E-state index in [1.165, 1.54) is 77.5 Å². The van der Waals surface area contributed by atoms with Gasteiger partial charge < -0.3 is 4.42 Å². The number of furan rings is 1. The smallest absolute Gasteiger partial charge is 0.143 e. The van der Waals surface area contributed by atoms with Crippen LogP contribution in [0.2, 0.25) is 0 Å². The van der Waals surface area contributed by atoms with E-state index in [9.17, 15) is 0 Å². The van der Waals surface area contributed by atoms with E-state index in [0.29, 0.717) is 0 Å². The molecule has 8 aromatic carbocycles. The van der Waals surface area contributed by atoms with Crippen LogP contribution in [0.3, 0.4) is 0 Å². The molecular weight excluding hydrogens is 629 g/mol. The Labute approximate surface area is 303 Å². The second-order valence-corrected chi connectivity index (χ2v) is 15.1. The lowest BCUT2D eigenvalue weighted by Crippen LogP contribution is -2.16. The van der Waals surface area contributed by atoms with Gasteiger partial charge in [-0.2, -0.15) is 0 Å². The van der Waals surface area contributed by atoms with Gasteiger partial charge in [-0.1, -0.05) is 166 Å². The van der Waals surface area contributed by atoms with Crippen LogP contribution in [0, 0.1) is 0 Å². The minimum Gasteiger partial charge on any atom is -0.455 e. The Hall–Kier alpha value is -6.18. The monoisotopic (exact) mass is 664 g/mol. The maximum Gasteiger partial charge on any atom is 0.143 e. The summed E-state index contributed by atoms with van der Waals surface area (Å²) in [7, 11) is 0.